The number of nitrogens with one attached hydrogen (secondary N) is 11. The monoisotopic (exact) mass is 1650 g/mol. The first-order chi connectivity index (χ1) is 56.4. The average molecular weight is 1650 g/mol. The largest absolute Gasteiger partial charge is 0.508 e. The van der Waals surface area contributed by atoms with Crippen LogP contribution in [0.2, 0.25) is 5.02 Å². The van der Waals surface area contributed by atoms with Crippen LogP contribution in [0.1, 0.15) is 128 Å². The Labute approximate surface area is 683 Å². The number of phenolic OH excluding ortho intramolecular Hbond substituents is 2. The van der Waals surface area contributed by atoms with Gasteiger partial charge in [-0.05, 0) is 225 Å². The Morgan fingerprint density at radius 2 is 1.29 bits per heavy atom. The van der Waals surface area contributed by atoms with Gasteiger partial charge in [-0.1, -0.05) is 43.6 Å². The molecule has 6 aromatic carbocycles. The van der Waals surface area contributed by atoms with Crippen molar-refractivity contribution in [2.75, 3.05) is 52.3 Å². The zero-order chi connectivity index (χ0) is 84.2. The van der Waals surface area contributed by atoms with Crippen molar-refractivity contribution in [2.24, 2.45) is 35.3 Å². The fraction of sp³-hybridized carbons (Fsp3) is 0.458. The molecule has 630 valence electrons. The molecule has 6 aliphatic heterocycles. The van der Waals surface area contributed by atoms with E-state index in [0.717, 1.165) is 44.2 Å². The van der Waals surface area contributed by atoms with Crippen molar-refractivity contribution < 1.29 is 107 Å². The van der Waals surface area contributed by atoms with Crippen molar-refractivity contribution in [3.63, 3.8) is 0 Å². The number of imide groups is 1. The van der Waals surface area contributed by atoms with E-state index in [4.69, 9.17) is 45.8 Å². The van der Waals surface area contributed by atoms with Crippen LogP contribution in [0.25, 0.3) is 11.1 Å². The number of amides is 10. The van der Waals surface area contributed by atoms with E-state index in [1.54, 1.807) is 14.0 Å². The lowest BCUT2D eigenvalue weighted by Crippen LogP contribution is -2.60. The Morgan fingerprint density at radius 3 is 1.95 bits per heavy atom. The number of carbonyl (C=O) groups is 9. The average Bonchev–Trinajstić information content (AvgIpc) is 0.748. The molecule has 16 rings (SSSR count). The molecular formula is C83H99ClN12O22. The molecule has 4 aliphatic carbocycles. The Morgan fingerprint density at radius 1 is 0.636 bits per heavy atom. The lowest BCUT2D eigenvalue weighted by Gasteiger charge is -2.54. The Hall–Kier alpha value is -10.8. The maximum Gasteiger partial charge on any atom is 0.325 e. The fourth-order valence-electron chi connectivity index (χ4n) is 17.1. The van der Waals surface area contributed by atoms with E-state index in [2.05, 4.69) is 58.5 Å². The van der Waals surface area contributed by atoms with Crippen LogP contribution in [0.4, 0.5) is 10.5 Å². The van der Waals surface area contributed by atoms with E-state index in [1.807, 2.05) is 13.8 Å². The Balaban J connectivity index is 0.967. The van der Waals surface area contributed by atoms with Gasteiger partial charge in [0.1, 0.15) is 108 Å². The zero-order valence-corrected chi connectivity index (χ0v) is 66.3. The van der Waals surface area contributed by atoms with Crippen molar-refractivity contribution in [1.82, 2.24) is 53.2 Å². The van der Waals surface area contributed by atoms with Crippen molar-refractivity contribution in [3.05, 3.63) is 147 Å². The first-order valence-electron chi connectivity index (χ1n) is 39.3. The predicted molar refractivity (Wildman–Crippen MR) is 424 cm³/mol. The summed E-state index contributed by atoms with van der Waals surface area (Å²) in [7, 11) is 3.29. The Bertz CT molecular complexity index is 4780. The summed E-state index contributed by atoms with van der Waals surface area (Å²) in [6.45, 7) is 7.91. The number of phenols is 2. The van der Waals surface area contributed by atoms with Gasteiger partial charge in [0.15, 0.2) is 11.5 Å². The number of anilines is 1. The highest BCUT2D eigenvalue weighted by Crippen LogP contribution is 2.55. The highest BCUT2D eigenvalue weighted by molar-refractivity contribution is 6.32. The van der Waals surface area contributed by atoms with Gasteiger partial charge in [-0.2, -0.15) is 0 Å². The van der Waals surface area contributed by atoms with Gasteiger partial charge in [0.2, 0.25) is 59.3 Å². The number of hydrogen-bond donors (Lipinski definition) is 19. The minimum atomic E-state index is -2.31. The second kappa shape index (κ2) is 36.6. The molecule has 0 unspecified atom stereocenters. The summed E-state index contributed by atoms with van der Waals surface area (Å²) < 4.78 is 37.2. The third kappa shape index (κ3) is 18.9. The topological polar surface area (TPSA) is 509 Å². The van der Waals surface area contributed by atoms with Crippen LogP contribution in [0, 0.1) is 43.4 Å². The van der Waals surface area contributed by atoms with E-state index in [9.17, 15) is 50.1 Å². The van der Waals surface area contributed by atoms with Gasteiger partial charge in [0.05, 0.1) is 30.7 Å². The highest BCUT2D eigenvalue weighted by Gasteiger charge is 2.51. The first kappa shape index (κ1) is 85.1. The number of fused-ring (bicyclic) bond motifs is 15. The molecule has 14 atom stereocenters. The third-order valence-corrected chi connectivity index (χ3v) is 23.1. The molecule has 6 aromatic rings. The standard InChI is InChI=1S/C83H99ClN12O22/c1-36(2)21-53(87-6)75(105)95-67-69(100)42-8-15-56(37(3)22-42)115-58-31-46-32-59(74(58)118-82-73(104)72(103)71(102)60(35-85)117-82)116-57-16-9-43(30-52(57)84)70(101)68-81(111)94-66(79(109)91-63-44-25-39-24-40(27-44)28-45(63)26-39)51-33-48(97)23-38(4)62(51)50-29-41(7-14-55(50)98)64(77(107)96-68)93-78(108)65(46)92-76(106)54(89-80(67)110)34-61(99)90-83(112)88-47-10-12-49(13-11-47)114-20-19-113-18-17-86-5/h7-16,22-23,29-33,36,39-40,44-45,53-54,60,63-73,82,86-87,97-98,100-104H,17-21,24-28,34-35,85H2,1-6H3,(H,89,110)(H,91,109)(H,92,106)(H,93,108)(H,94,111)(H,95,105)(H,96,107)(H2,88,90,99,112)/t39?,40?,44?,45?,53-,54+,60-,63?,64-,65-,66+,67-,68+,69-,70-,71-,72+,73-,82+/m1/s1. The lowest BCUT2D eigenvalue weighted by atomic mass is 9.54. The number of halogens is 1. The van der Waals surface area contributed by atoms with E-state index >= 15 is 28.8 Å². The highest BCUT2D eigenvalue weighted by atomic mass is 35.5. The van der Waals surface area contributed by atoms with Crippen molar-refractivity contribution in [2.45, 2.75) is 164 Å². The zero-order valence-electron chi connectivity index (χ0n) is 65.6. The Kier molecular flexibility index (Phi) is 26.4. The second-order valence-electron chi connectivity index (χ2n) is 31.6. The molecule has 0 radical (unpaired) electrons. The van der Waals surface area contributed by atoms with Crippen LogP contribution < -0.4 is 83.2 Å². The summed E-state index contributed by atoms with van der Waals surface area (Å²) in [6.07, 6.45) is -9.65. The quantitative estimate of drug-likeness (QED) is 0.0487. The van der Waals surface area contributed by atoms with E-state index in [1.165, 1.54) is 105 Å². The molecule has 34 nitrogen and oxygen atoms in total. The summed E-state index contributed by atoms with van der Waals surface area (Å²) in [5.41, 5.74) is 5.81. The molecule has 118 heavy (non-hydrogen) atoms. The number of rotatable bonds is 20. The van der Waals surface area contributed by atoms with Gasteiger partial charge in [-0.25, -0.2) is 4.79 Å². The van der Waals surface area contributed by atoms with Crippen LogP contribution in [0.15, 0.2) is 103 Å². The number of urea groups is 1. The molecule has 15 bridgehead atoms. The fourth-order valence-corrected chi connectivity index (χ4v) is 17.3. The number of hydrogen-bond acceptors (Lipinski definition) is 25. The number of aliphatic hydroxyl groups is 5. The van der Waals surface area contributed by atoms with Gasteiger partial charge in [-0.3, -0.25) is 43.7 Å². The number of aromatic hydroxyl groups is 2. The van der Waals surface area contributed by atoms with Crippen molar-refractivity contribution in [1.29, 1.82) is 0 Å². The second-order valence-corrected chi connectivity index (χ2v) is 32.0. The molecule has 4 saturated carbocycles. The number of carbonyl (C=O) groups excluding carboxylic acids is 9. The maximum absolute atomic E-state index is 16.5. The van der Waals surface area contributed by atoms with Crippen LogP contribution in [-0.4, -0.2) is 197 Å². The molecule has 10 aliphatic rings. The number of nitrogens with two attached hydrogens (primary N) is 1. The molecule has 35 heteroatoms. The third-order valence-electron chi connectivity index (χ3n) is 22.8. The molecule has 5 fully saturated rings. The number of aryl methyl sites for hydroxylation is 2. The minimum Gasteiger partial charge on any atom is -0.508 e. The van der Waals surface area contributed by atoms with E-state index in [0.29, 0.717) is 30.7 Å². The maximum atomic E-state index is 16.5. The number of ether oxygens (including phenoxy) is 6. The summed E-state index contributed by atoms with van der Waals surface area (Å²) in [5.74, 6) is -10.5. The molecule has 1 saturated heterocycles. The van der Waals surface area contributed by atoms with Crippen molar-refractivity contribution in [3.8, 4) is 57.1 Å². The van der Waals surface area contributed by atoms with Crippen LogP contribution >= 0.6 is 11.6 Å². The number of benzene rings is 6. The molecule has 0 spiro atoms. The molecule has 10 amide bonds. The van der Waals surface area contributed by atoms with E-state index < -0.39 is 180 Å². The minimum absolute atomic E-state index is 0.0332. The van der Waals surface area contributed by atoms with Crippen LogP contribution in [0.5, 0.6) is 46.0 Å². The SMILES string of the molecule is CNCCOCCOc1ccc(NC(=O)NC(=O)C[C@@H]2NC(=O)[C@H](NC(=O)[C@@H](CC(C)C)NC)[C@H](O)c3ccc(c(C)c3)Oc3cc4cc(c3O[C@@H]3O[C@H](CN)[C@@H](O)[C@H](O)[C@H]3O)Oc3ccc(cc3Cl)[C@@H](O)[C@@H]3NC(=O)[C@H](NC(=O)[C@@H]4NC2=O)c2ccc(O)c(c2)-c2c(C)cc(O)cc2[C@@H](C(=O)NC2C4CC5CC(C4)CC2C5)NC3=O)cc1. The van der Waals surface area contributed by atoms with Gasteiger partial charge in [0.25, 0.3) is 0 Å². The first-order valence-corrected chi connectivity index (χ1v) is 39.7. The molecule has 20 N–H and O–H groups in total. The molecule has 6 heterocycles. The number of aliphatic hydroxyl groups excluding tert-OH is 5. The summed E-state index contributed by atoms with van der Waals surface area (Å²) in [5, 5.41) is 112. The molecule has 0 aromatic heterocycles. The van der Waals surface area contributed by atoms with Gasteiger partial charge < -0.3 is 123 Å². The van der Waals surface area contributed by atoms with Gasteiger partial charge in [0, 0.05) is 30.4 Å². The molecular weight excluding hydrogens is 1550 g/mol. The van der Waals surface area contributed by atoms with Gasteiger partial charge >= 0.3 is 6.03 Å². The van der Waals surface area contributed by atoms with Crippen LogP contribution in [-0.2, 0) is 47.8 Å². The number of likely N-dealkylation sites (N-methyl/N-ethyl adjacent to an activating group) is 2. The van der Waals surface area contributed by atoms with Gasteiger partial charge in [-0.15, -0.1) is 0 Å². The van der Waals surface area contributed by atoms with Crippen LogP contribution in [0.3, 0.4) is 0 Å². The predicted octanol–water partition coefficient (Wildman–Crippen LogP) is 3.43. The summed E-state index contributed by atoms with van der Waals surface area (Å²) in [4.78, 5) is 138. The smallest absolute Gasteiger partial charge is 0.325 e. The normalized spacial score (nSPS) is 27.5. The summed E-state index contributed by atoms with van der Waals surface area (Å²) in [6, 6.07) is 7.32. The van der Waals surface area contributed by atoms with Crippen molar-refractivity contribution >= 4 is 70.6 Å². The summed E-state index contributed by atoms with van der Waals surface area (Å²) >= 11 is 7.21. The van der Waals surface area contributed by atoms with E-state index in [-0.39, 0.29) is 116 Å². The lowest BCUT2D eigenvalue weighted by molar-refractivity contribution is -0.270.